The molecule has 1 N–H and O–H groups in total. The second-order valence-electron chi connectivity index (χ2n) is 3.06. The molecule has 0 spiro atoms. The number of hydrogen-bond donors (Lipinski definition) is 1. The zero-order chi connectivity index (χ0) is 9.68. The van der Waals surface area contributed by atoms with Gasteiger partial charge in [-0.3, -0.25) is 0 Å². The van der Waals surface area contributed by atoms with Crippen LogP contribution >= 0.6 is 0 Å². The van der Waals surface area contributed by atoms with Crippen molar-refractivity contribution >= 4 is 6.08 Å². The van der Waals surface area contributed by atoms with Gasteiger partial charge in [0.2, 0.25) is 0 Å². The molecule has 1 heteroatoms. The molecule has 68 valence electrons. The third-order valence-electron chi connectivity index (χ3n) is 1.78. The second kappa shape index (κ2) is 4.63. The summed E-state index contributed by atoms with van der Waals surface area (Å²) in [5.74, 6) is 0. The van der Waals surface area contributed by atoms with E-state index in [1.165, 1.54) is 0 Å². The molecule has 0 heterocycles. The Hall–Kier alpha value is -1.34. The van der Waals surface area contributed by atoms with E-state index in [4.69, 9.17) is 0 Å². The molecule has 0 aliphatic heterocycles. The number of aliphatic hydroxyl groups is 1. The summed E-state index contributed by atoms with van der Waals surface area (Å²) in [5.41, 5.74) is 1.84. The molecule has 0 saturated carbocycles. The summed E-state index contributed by atoms with van der Waals surface area (Å²) >= 11 is 0. The Balaban J connectivity index is 2.64. The maximum absolute atomic E-state index is 9.40. The van der Waals surface area contributed by atoms with Crippen LogP contribution in [0.5, 0.6) is 0 Å². The molecular formula is C12H14O. The van der Waals surface area contributed by atoms with Gasteiger partial charge >= 0.3 is 0 Å². The summed E-state index contributed by atoms with van der Waals surface area (Å²) in [6, 6.07) is 9.87. The normalized spacial score (nSPS) is 13.1. The first-order chi connectivity index (χ1) is 6.20. The smallest absolute Gasteiger partial charge is 0.0929 e. The Labute approximate surface area is 79.0 Å². The van der Waals surface area contributed by atoms with Crippen LogP contribution in [0.1, 0.15) is 12.5 Å². The average molecular weight is 174 g/mol. The molecule has 0 fully saturated rings. The van der Waals surface area contributed by atoms with Crippen molar-refractivity contribution in [3.63, 3.8) is 0 Å². The standard InChI is InChI=1S/C12H14O/c1-10(2)12(13)9-8-11-6-4-3-5-7-11/h3-9,12-13H,1H2,2H3. The number of aliphatic hydroxyl groups excluding tert-OH is 1. The highest BCUT2D eigenvalue weighted by atomic mass is 16.3. The number of benzene rings is 1. The van der Waals surface area contributed by atoms with E-state index in [0.717, 1.165) is 11.1 Å². The van der Waals surface area contributed by atoms with Crippen molar-refractivity contribution in [2.45, 2.75) is 13.0 Å². The Kier molecular flexibility index (Phi) is 3.47. The van der Waals surface area contributed by atoms with E-state index in [-0.39, 0.29) is 0 Å². The molecule has 1 unspecified atom stereocenters. The first kappa shape index (κ1) is 9.75. The van der Waals surface area contributed by atoms with Crippen LogP contribution in [0.4, 0.5) is 0 Å². The van der Waals surface area contributed by atoms with E-state index >= 15 is 0 Å². The molecule has 0 aliphatic rings. The van der Waals surface area contributed by atoms with E-state index in [2.05, 4.69) is 6.58 Å². The lowest BCUT2D eigenvalue weighted by Crippen LogP contribution is -2.01. The molecule has 0 bridgehead atoms. The summed E-state index contributed by atoms with van der Waals surface area (Å²) in [5, 5.41) is 9.40. The molecule has 1 aromatic carbocycles. The minimum absolute atomic E-state index is 0.541. The van der Waals surface area contributed by atoms with Gasteiger partial charge in [0.15, 0.2) is 0 Å². The van der Waals surface area contributed by atoms with Crippen LogP contribution in [0.25, 0.3) is 6.08 Å². The number of hydrogen-bond acceptors (Lipinski definition) is 1. The van der Waals surface area contributed by atoms with Crippen molar-refractivity contribution in [2.75, 3.05) is 0 Å². The van der Waals surface area contributed by atoms with Gasteiger partial charge < -0.3 is 5.11 Å². The lowest BCUT2D eigenvalue weighted by atomic mass is 10.1. The van der Waals surface area contributed by atoms with Gasteiger partial charge in [-0.05, 0) is 18.1 Å². The van der Waals surface area contributed by atoms with Crippen molar-refractivity contribution in [1.29, 1.82) is 0 Å². The fourth-order valence-corrected chi connectivity index (χ4v) is 0.931. The Morgan fingerprint density at radius 3 is 2.54 bits per heavy atom. The van der Waals surface area contributed by atoms with Crippen LogP contribution in [0.2, 0.25) is 0 Å². The van der Waals surface area contributed by atoms with E-state index in [0.29, 0.717) is 0 Å². The predicted octanol–water partition coefficient (Wildman–Crippen LogP) is 2.64. The summed E-state index contributed by atoms with van der Waals surface area (Å²) in [6.45, 7) is 5.47. The lowest BCUT2D eigenvalue weighted by Gasteiger charge is -2.02. The zero-order valence-corrected chi connectivity index (χ0v) is 7.77. The van der Waals surface area contributed by atoms with Gasteiger partial charge in [-0.25, -0.2) is 0 Å². The third-order valence-corrected chi connectivity index (χ3v) is 1.78. The molecule has 0 radical (unpaired) electrons. The van der Waals surface area contributed by atoms with E-state index in [1.807, 2.05) is 36.4 Å². The van der Waals surface area contributed by atoms with Gasteiger partial charge in [0.05, 0.1) is 6.10 Å². The average Bonchev–Trinajstić information content (AvgIpc) is 2.15. The molecule has 0 aromatic heterocycles. The van der Waals surface area contributed by atoms with E-state index in [9.17, 15) is 5.11 Å². The molecular weight excluding hydrogens is 160 g/mol. The molecule has 13 heavy (non-hydrogen) atoms. The quantitative estimate of drug-likeness (QED) is 0.698. The SMILES string of the molecule is C=C(C)C(O)C=Cc1ccccc1. The van der Waals surface area contributed by atoms with E-state index < -0.39 is 6.10 Å². The zero-order valence-electron chi connectivity index (χ0n) is 7.77. The topological polar surface area (TPSA) is 20.2 Å². The minimum atomic E-state index is -0.541. The fourth-order valence-electron chi connectivity index (χ4n) is 0.931. The maximum atomic E-state index is 9.40. The van der Waals surface area contributed by atoms with Gasteiger partial charge in [-0.2, -0.15) is 0 Å². The molecule has 1 aromatic rings. The molecule has 1 atom stereocenters. The van der Waals surface area contributed by atoms with Crippen molar-refractivity contribution < 1.29 is 5.11 Å². The van der Waals surface area contributed by atoms with Crippen LogP contribution in [0.15, 0.2) is 48.6 Å². The third kappa shape index (κ3) is 3.26. The van der Waals surface area contributed by atoms with Gasteiger partial charge in [0.25, 0.3) is 0 Å². The van der Waals surface area contributed by atoms with Crippen LogP contribution in [0.3, 0.4) is 0 Å². The summed E-state index contributed by atoms with van der Waals surface area (Å²) in [4.78, 5) is 0. The molecule has 0 saturated heterocycles. The van der Waals surface area contributed by atoms with Crippen molar-refractivity contribution in [3.8, 4) is 0 Å². The summed E-state index contributed by atoms with van der Waals surface area (Å²) in [7, 11) is 0. The Morgan fingerprint density at radius 1 is 1.38 bits per heavy atom. The number of rotatable bonds is 3. The van der Waals surface area contributed by atoms with Crippen molar-refractivity contribution in [1.82, 2.24) is 0 Å². The van der Waals surface area contributed by atoms with Crippen molar-refractivity contribution in [3.05, 3.63) is 54.1 Å². The van der Waals surface area contributed by atoms with Crippen LogP contribution in [-0.2, 0) is 0 Å². The highest BCUT2D eigenvalue weighted by Crippen LogP contribution is 2.05. The molecule has 0 amide bonds. The van der Waals surface area contributed by atoms with Crippen molar-refractivity contribution in [2.24, 2.45) is 0 Å². The fraction of sp³-hybridized carbons (Fsp3) is 0.167. The molecule has 1 rings (SSSR count). The lowest BCUT2D eigenvalue weighted by molar-refractivity contribution is 0.260. The highest BCUT2D eigenvalue weighted by Gasteiger charge is 1.96. The predicted molar refractivity (Wildman–Crippen MR) is 56.3 cm³/mol. The molecule has 1 nitrogen and oxygen atoms in total. The van der Waals surface area contributed by atoms with Crippen LogP contribution in [0, 0.1) is 0 Å². The first-order valence-corrected chi connectivity index (χ1v) is 4.27. The Morgan fingerprint density at radius 2 is 2.00 bits per heavy atom. The summed E-state index contributed by atoms with van der Waals surface area (Å²) in [6.07, 6.45) is 3.08. The Bertz CT molecular complexity index is 298. The van der Waals surface area contributed by atoms with Gasteiger partial charge in [0, 0.05) is 0 Å². The second-order valence-corrected chi connectivity index (χ2v) is 3.06. The van der Waals surface area contributed by atoms with Gasteiger partial charge in [-0.1, -0.05) is 49.1 Å². The monoisotopic (exact) mass is 174 g/mol. The van der Waals surface area contributed by atoms with Crippen LogP contribution < -0.4 is 0 Å². The van der Waals surface area contributed by atoms with Gasteiger partial charge in [-0.15, -0.1) is 0 Å². The summed E-state index contributed by atoms with van der Waals surface area (Å²) < 4.78 is 0. The maximum Gasteiger partial charge on any atom is 0.0929 e. The highest BCUT2D eigenvalue weighted by molar-refractivity contribution is 5.49. The largest absolute Gasteiger partial charge is 0.385 e. The first-order valence-electron chi connectivity index (χ1n) is 4.27. The van der Waals surface area contributed by atoms with Gasteiger partial charge in [0.1, 0.15) is 0 Å². The van der Waals surface area contributed by atoms with E-state index in [1.54, 1.807) is 13.0 Å². The minimum Gasteiger partial charge on any atom is -0.385 e. The van der Waals surface area contributed by atoms with Crippen LogP contribution in [-0.4, -0.2) is 11.2 Å². The molecule has 0 aliphatic carbocycles.